The van der Waals surface area contributed by atoms with Crippen LogP contribution in [-0.2, 0) is 9.59 Å². The van der Waals surface area contributed by atoms with Gasteiger partial charge in [0.15, 0.2) is 5.78 Å². The molecule has 0 unspecified atom stereocenters. The minimum absolute atomic E-state index is 0.260. The number of carbonyl (C=O) groups excluding carboxylic acids is 2. The van der Waals surface area contributed by atoms with Crippen LogP contribution in [0.2, 0.25) is 0 Å². The number of Topliss-reactive ketones (excluding diaryl/α,β-unsaturated/α-hetero) is 1. The number of hydrogen-bond donors (Lipinski definition) is 0. The summed E-state index contributed by atoms with van der Waals surface area (Å²) in [5.74, 6) is 0.614. The Morgan fingerprint density at radius 2 is 1.45 bits per heavy atom. The first kappa shape index (κ1) is 21.1. The zero-order valence-electron chi connectivity index (χ0n) is 13.8. The van der Waals surface area contributed by atoms with E-state index in [0.29, 0.717) is 18.6 Å². The summed E-state index contributed by atoms with van der Waals surface area (Å²) >= 11 is 0. The molecule has 20 heavy (non-hydrogen) atoms. The van der Waals surface area contributed by atoms with Crippen molar-refractivity contribution < 1.29 is 9.59 Å². The van der Waals surface area contributed by atoms with E-state index in [4.69, 9.17) is 0 Å². The second-order valence-electron chi connectivity index (χ2n) is 4.78. The smallest absolute Gasteiger partial charge is 0.155 e. The third-order valence-corrected chi connectivity index (χ3v) is 2.53. The molecule has 0 heterocycles. The summed E-state index contributed by atoms with van der Waals surface area (Å²) in [6.45, 7) is 8.22. The second-order valence-corrected chi connectivity index (χ2v) is 4.78. The van der Waals surface area contributed by atoms with Gasteiger partial charge in [-0.3, -0.25) is 9.59 Å². The van der Waals surface area contributed by atoms with Gasteiger partial charge in [-0.1, -0.05) is 52.3 Å². The minimum Gasteiger partial charge on any atom is -0.299 e. The molecule has 0 N–H and O–H groups in total. The van der Waals surface area contributed by atoms with Crippen molar-refractivity contribution in [2.24, 2.45) is 0 Å². The van der Waals surface area contributed by atoms with Gasteiger partial charge in [-0.05, 0) is 31.8 Å². The normalized spacial score (nSPS) is 10.6. The third kappa shape index (κ3) is 19.2. The van der Waals surface area contributed by atoms with Crippen LogP contribution in [0.15, 0.2) is 24.3 Å². The van der Waals surface area contributed by atoms with Crippen molar-refractivity contribution in [1.82, 2.24) is 0 Å². The summed E-state index contributed by atoms with van der Waals surface area (Å²) < 4.78 is 0. The standard InChI is InChI=1S/2C9H16O/c2*1-3-5-6-8-9(10)7-4-2/h6,8H,3-5,7H2,1-2H3;5-6H,3-4,7-8H2,1-2H3/b8-6+;6-5-. The summed E-state index contributed by atoms with van der Waals surface area (Å²) in [7, 11) is 0. The van der Waals surface area contributed by atoms with Crippen molar-refractivity contribution in [1.29, 1.82) is 0 Å². The molecule has 0 aromatic heterocycles. The Morgan fingerprint density at radius 3 is 1.95 bits per heavy atom. The van der Waals surface area contributed by atoms with Gasteiger partial charge in [-0.2, -0.15) is 0 Å². The first-order valence-corrected chi connectivity index (χ1v) is 7.98. The fourth-order valence-corrected chi connectivity index (χ4v) is 1.47. The zero-order chi connectivity index (χ0) is 15.6. The third-order valence-electron chi connectivity index (χ3n) is 2.53. The van der Waals surface area contributed by atoms with E-state index >= 15 is 0 Å². The highest BCUT2D eigenvalue weighted by atomic mass is 16.1. The summed E-state index contributed by atoms with van der Waals surface area (Å²) in [5, 5.41) is 0. The predicted molar refractivity (Wildman–Crippen MR) is 87.9 cm³/mol. The van der Waals surface area contributed by atoms with Crippen LogP contribution in [-0.4, -0.2) is 11.6 Å². The van der Waals surface area contributed by atoms with Gasteiger partial charge < -0.3 is 0 Å². The van der Waals surface area contributed by atoms with Crippen molar-refractivity contribution in [3.05, 3.63) is 24.3 Å². The van der Waals surface area contributed by atoms with Crippen molar-refractivity contribution in [3.63, 3.8) is 0 Å². The molecule has 0 spiro atoms. The molecule has 0 saturated heterocycles. The van der Waals surface area contributed by atoms with Crippen LogP contribution in [0.5, 0.6) is 0 Å². The number of ketones is 2. The fourth-order valence-electron chi connectivity index (χ4n) is 1.47. The molecule has 0 aromatic carbocycles. The molecule has 0 aromatic rings. The van der Waals surface area contributed by atoms with Crippen LogP contribution < -0.4 is 0 Å². The SMILES string of the molecule is CC/C=C\CC(=O)CCC.CCC/C=C/C(=O)CCC. The zero-order valence-corrected chi connectivity index (χ0v) is 13.8. The van der Waals surface area contributed by atoms with Crippen molar-refractivity contribution in [3.8, 4) is 0 Å². The quantitative estimate of drug-likeness (QED) is 0.395. The van der Waals surface area contributed by atoms with Gasteiger partial charge in [0.1, 0.15) is 5.78 Å². The second kappa shape index (κ2) is 17.8. The van der Waals surface area contributed by atoms with Gasteiger partial charge >= 0.3 is 0 Å². The van der Waals surface area contributed by atoms with Gasteiger partial charge in [-0.15, -0.1) is 0 Å². The average molecular weight is 280 g/mol. The lowest BCUT2D eigenvalue weighted by Crippen LogP contribution is -1.92. The van der Waals surface area contributed by atoms with E-state index in [9.17, 15) is 9.59 Å². The molecule has 0 bridgehead atoms. The van der Waals surface area contributed by atoms with Gasteiger partial charge in [0, 0.05) is 19.3 Å². The number of hydrogen-bond acceptors (Lipinski definition) is 2. The maximum absolute atomic E-state index is 10.9. The van der Waals surface area contributed by atoms with Crippen LogP contribution in [0.4, 0.5) is 0 Å². The highest BCUT2D eigenvalue weighted by Crippen LogP contribution is 1.95. The molecule has 0 amide bonds. The maximum Gasteiger partial charge on any atom is 0.155 e. The molecule has 0 aliphatic heterocycles. The van der Waals surface area contributed by atoms with Crippen LogP contribution in [0.3, 0.4) is 0 Å². The van der Waals surface area contributed by atoms with Gasteiger partial charge in [0.05, 0.1) is 0 Å². The van der Waals surface area contributed by atoms with E-state index < -0.39 is 0 Å². The van der Waals surface area contributed by atoms with Crippen LogP contribution in [0.1, 0.15) is 79.1 Å². The van der Waals surface area contributed by atoms with E-state index in [2.05, 4.69) is 13.8 Å². The van der Waals surface area contributed by atoms with Gasteiger partial charge in [0.2, 0.25) is 0 Å². The Kier molecular flexibility index (Phi) is 18.8. The van der Waals surface area contributed by atoms with Crippen molar-refractivity contribution in [2.75, 3.05) is 0 Å². The lowest BCUT2D eigenvalue weighted by atomic mass is 10.2. The first-order valence-electron chi connectivity index (χ1n) is 7.98. The first-order chi connectivity index (χ1) is 9.62. The van der Waals surface area contributed by atoms with Gasteiger partial charge in [-0.25, -0.2) is 0 Å². The van der Waals surface area contributed by atoms with E-state index in [1.54, 1.807) is 6.08 Å². The topological polar surface area (TPSA) is 34.1 Å². The summed E-state index contributed by atoms with van der Waals surface area (Å²) in [4.78, 5) is 21.7. The van der Waals surface area contributed by atoms with Crippen LogP contribution >= 0.6 is 0 Å². The molecule has 2 heteroatoms. The minimum atomic E-state index is 0.260. The lowest BCUT2D eigenvalue weighted by molar-refractivity contribution is -0.118. The van der Waals surface area contributed by atoms with E-state index in [1.165, 1.54) is 0 Å². The molecular weight excluding hydrogens is 248 g/mol. The molecule has 0 saturated carbocycles. The lowest BCUT2D eigenvalue weighted by Gasteiger charge is -1.90. The average Bonchev–Trinajstić information content (AvgIpc) is 2.41. The van der Waals surface area contributed by atoms with Crippen molar-refractivity contribution >= 4 is 11.6 Å². The van der Waals surface area contributed by atoms with E-state index in [0.717, 1.165) is 38.5 Å². The molecule has 0 atom stereocenters. The molecule has 2 nitrogen and oxygen atoms in total. The monoisotopic (exact) mass is 280 g/mol. The Balaban J connectivity index is 0. The Morgan fingerprint density at radius 1 is 0.800 bits per heavy atom. The molecule has 0 aliphatic carbocycles. The molecular formula is C18H32O2. The summed E-state index contributed by atoms with van der Waals surface area (Å²) in [5.41, 5.74) is 0. The summed E-state index contributed by atoms with van der Waals surface area (Å²) in [6, 6.07) is 0. The largest absolute Gasteiger partial charge is 0.299 e. The molecule has 116 valence electrons. The van der Waals surface area contributed by atoms with Crippen molar-refractivity contribution in [2.45, 2.75) is 79.1 Å². The molecule has 0 aliphatic rings. The van der Waals surface area contributed by atoms with Crippen LogP contribution in [0.25, 0.3) is 0 Å². The number of allylic oxidation sites excluding steroid dienone is 4. The Labute approximate surface area is 125 Å². The molecule has 0 radical (unpaired) electrons. The van der Waals surface area contributed by atoms with E-state index in [-0.39, 0.29) is 5.78 Å². The van der Waals surface area contributed by atoms with Gasteiger partial charge in [0.25, 0.3) is 0 Å². The number of carbonyl (C=O) groups is 2. The molecule has 0 fully saturated rings. The number of rotatable bonds is 10. The highest BCUT2D eigenvalue weighted by molar-refractivity contribution is 5.89. The fraction of sp³-hybridized carbons (Fsp3) is 0.667. The molecule has 0 rings (SSSR count). The Bertz CT molecular complexity index is 288. The summed E-state index contributed by atoms with van der Waals surface area (Å²) in [6.07, 6.45) is 14.8. The predicted octanol–water partition coefficient (Wildman–Crippen LogP) is 5.42. The maximum atomic E-state index is 10.9. The highest BCUT2D eigenvalue weighted by Gasteiger charge is 1.94. The van der Waals surface area contributed by atoms with Crippen LogP contribution in [0, 0.1) is 0 Å². The Hall–Kier alpha value is -1.18. The van der Waals surface area contributed by atoms with E-state index in [1.807, 2.05) is 32.1 Å². The number of unbranched alkanes of at least 4 members (excludes halogenated alkanes) is 1.